The zero-order valence-corrected chi connectivity index (χ0v) is 17.9. The van der Waals surface area contributed by atoms with E-state index in [1.165, 1.54) is 23.1 Å². The first-order valence-corrected chi connectivity index (χ1v) is 12.0. The summed E-state index contributed by atoms with van der Waals surface area (Å²) in [6.07, 6.45) is 0.936. The van der Waals surface area contributed by atoms with E-state index in [0.29, 0.717) is 5.69 Å². The topological polar surface area (TPSA) is 66.5 Å². The van der Waals surface area contributed by atoms with Crippen molar-refractivity contribution in [1.82, 2.24) is 0 Å². The first-order chi connectivity index (χ1) is 14.3. The first kappa shape index (κ1) is 21.9. The van der Waals surface area contributed by atoms with Gasteiger partial charge in [0.25, 0.3) is 0 Å². The molecule has 3 rings (SSSR count). The van der Waals surface area contributed by atoms with Crippen molar-refractivity contribution in [3.63, 3.8) is 0 Å². The van der Waals surface area contributed by atoms with E-state index >= 15 is 0 Å². The van der Waals surface area contributed by atoms with Crippen LogP contribution in [0.3, 0.4) is 0 Å². The van der Waals surface area contributed by atoms with E-state index in [2.05, 4.69) is 5.32 Å². The van der Waals surface area contributed by atoms with Gasteiger partial charge in [-0.25, -0.2) is 12.8 Å². The lowest BCUT2D eigenvalue weighted by molar-refractivity contribution is -0.114. The number of nitrogens with one attached hydrogen (secondary N) is 1. The van der Waals surface area contributed by atoms with Crippen molar-refractivity contribution in [1.29, 1.82) is 0 Å². The number of halogens is 1. The Morgan fingerprint density at radius 3 is 2.23 bits per heavy atom. The summed E-state index contributed by atoms with van der Waals surface area (Å²) in [5.74, 6) is -0.487. The highest BCUT2D eigenvalue weighted by atomic mass is 32.2. The SMILES string of the molecule is CS(=O)(=O)N(CC(=O)Nc1ccc(CSc2ccccc2)cc1)c1ccccc1F. The average Bonchev–Trinajstić information content (AvgIpc) is 2.72. The second kappa shape index (κ2) is 9.77. The van der Waals surface area contributed by atoms with E-state index in [4.69, 9.17) is 0 Å². The van der Waals surface area contributed by atoms with Crippen LogP contribution in [0.1, 0.15) is 5.56 Å². The standard InChI is InChI=1S/C22H21FN2O3S2/c1-30(27,28)25(21-10-6-5-9-20(21)23)15-22(26)24-18-13-11-17(12-14-18)16-29-19-7-3-2-4-8-19/h2-14H,15-16H2,1H3,(H,24,26). The molecule has 0 atom stereocenters. The van der Waals surface area contributed by atoms with Crippen molar-refractivity contribution in [2.75, 3.05) is 22.4 Å². The molecule has 1 amide bonds. The third-order valence-electron chi connectivity index (χ3n) is 4.20. The molecule has 0 unspecified atom stereocenters. The molecule has 0 aliphatic carbocycles. The molecule has 30 heavy (non-hydrogen) atoms. The fourth-order valence-corrected chi connectivity index (χ4v) is 4.47. The molecule has 0 spiro atoms. The molecule has 8 heteroatoms. The van der Waals surface area contributed by atoms with Gasteiger partial charge in [0.1, 0.15) is 12.4 Å². The number of amides is 1. The summed E-state index contributed by atoms with van der Waals surface area (Å²) in [5, 5.41) is 2.66. The largest absolute Gasteiger partial charge is 0.325 e. The van der Waals surface area contributed by atoms with E-state index in [1.807, 2.05) is 42.5 Å². The quantitative estimate of drug-likeness (QED) is 0.519. The van der Waals surface area contributed by atoms with E-state index in [-0.39, 0.29) is 5.69 Å². The molecule has 5 nitrogen and oxygen atoms in total. The van der Waals surface area contributed by atoms with Gasteiger partial charge in [-0.1, -0.05) is 42.5 Å². The lowest BCUT2D eigenvalue weighted by atomic mass is 10.2. The maximum Gasteiger partial charge on any atom is 0.245 e. The molecule has 0 saturated carbocycles. The molecule has 1 N–H and O–H groups in total. The lowest BCUT2D eigenvalue weighted by Crippen LogP contribution is -2.38. The number of anilines is 2. The van der Waals surface area contributed by atoms with Crippen molar-refractivity contribution in [3.05, 3.63) is 90.2 Å². The van der Waals surface area contributed by atoms with E-state index < -0.39 is 28.3 Å². The summed E-state index contributed by atoms with van der Waals surface area (Å²) in [6, 6.07) is 22.8. The van der Waals surface area contributed by atoms with Crippen LogP contribution < -0.4 is 9.62 Å². The minimum absolute atomic E-state index is 0.163. The van der Waals surface area contributed by atoms with Crippen LogP contribution in [0.4, 0.5) is 15.8 Å². The van der Waals surface area contributed by atoms with Gasteiger partial charge in [-0.2, -0.15) is 0 Å². The van der Waals surface area contributed by atoms with Gasteiger partial charge in [-0.3, -0.25) is 9.10 Å². The number of benzene rings is 3. The van der Waals surface area contributed by atoms with Crippen LogP contribution in [0, 0.1) is 5.82 Å². The van der Waals surface area contributed by atoms with Gasteiger partial charge in [0.15, 0.2) is 0 Å². The fourth-order valence-electron chi connectivity index (χ4n) is 2.73. The van der Waals surface area contributed by atoms with Crippen LogP contribution in [0.25, 0.3) is 0 Å². The second-order valence-corrected chi connectivity index (χ2v) is 9.52. The monoisotopic (exact) mass is 444 g/mol. The molecule has 0 fully saturated rings. The minimum atomic E-state index is -3.84. The Kier molecular flexibility index (Phi) is 7.12. The van der Waals surface area contributed by atoms with Gasteiger partial charge in [0, 0.05) is 16.3 Å². The molecule has 0 heterocycles. The van der Waals surface area contributed by atoms with Crippen LogP contribution in [-0.4, -0.2) is 27.1 Å². The molecule has 0 radical (unpaired) electrons. The van der Waals surface area contributed by atoms with E-state index in [0.717, 1.165) is 27.9 Å². The van der Waals surface area contributed by atoms with Gasteiger partial charge in [-0.15, -0.1) is 11.8 Å². The number of para-hydroxylation sites is 1. The van der Waals surface area contributed by atoms with Crippen molar-refractivity contribution in [2.45, 2.75) is 10.6 Å². The number of nitrogens with zero attached hydrogens (tertiary/aromatic N) is 1. The molecule has 0 aliphatic rings. The van der Waals surface area contributed by atoms with Crippen molar-refractivity contribution < 1.29 is 17.6 Å². The molecule has 156 valence electrons. The van der Waals surface area contributed by atoms with Crippen LogP contribution in [0.2, 0.25) is 0 Å². The fraction of sp³-hybridized carbons (Fsp3) is 0.136. The first-order valence-electron chi connectivity index (χ1n) is 9.12. The number of hydrogen-bond donors (Lipinski definition) is 1. The highest BCUT2D eigenvalue weighted by Crippen LogP contribution is 2.24. The Labute approximate surface area is 180 Å². The average molecular weight is 445 g/mol. The number of carbonyl (C=O) groups is 1. The maximum atomic E-state index is 14.0. The number of sulfonamides is 1. The summed E-state index contributed by atoms with van der Waals surface area (Å²) in [4.78, 5) is 13.6. The van der Waals surface area contributed by atoms with E-state index in [9.17, 15) is 17.6 Å². The lowest BCUT2D eigenvalue weighted by Gasteiger charge is -2.22. The van der Waals surface area contributed by atoms with Gasteiger partial charge >= 0.3 is 0 Å². The maximum absolute atomic E-state index is 14.0. The summed E-state index contributed by atoms with van der Waals surface area (Å²) in [7, 11) is -3.84. The van der Waals surface area contributed by atoms with Crippen LogP contribution in [-0.2, 0) is 20.6 Å². The number of hydrogen-bond acceptors (Lipinski definition) is 4. The van der Waals surface area contributed by atoms with Gasteiger partial charge in [0.05, 0.1) is 11.9 Å². The number of rotatable bonds is 8. The smallest absolute Gasteiger partial charge is 0.245 e. The van der Waals surface area contributed by atoms with Crippen molar-refractivity contribution in [3.8, 4) is 0 Å². The summed E-state index contributed by atoms with van der Waals surface area (Å²) >= 11 is 1.71. The van der Waals surface area contributed by atoms with Gasteiger partial charge < -0.3 is 5.32 Å². The molecule has 3 aromatic rings. The normalized spacial score (nSPS) is 11.1. The van der Waals surface area contributed by atoms with Crippen molar-refractivity contribution in [2.24, 2.45) is 0 Å². The van der Waals surface area contributed by atoms with Crippen molar-refractivity contribution >= 4 is 39.1 Å². The molecular weight excluding hydrogens is 423 g/mol. The summed E-state index contributed by atoms with van der Waals surface area (Å²) in [6.45, 7) is -0.522. The van der Waals surface area contributed by atoms with Crippen LogP contribution in [0.5, 0.6) is 0 Å². The Morgan fingerprint density at radius 1 is 0.967 bits per heavy atom. The van der Waals surface area contributed by atoms with E-state index in [1.54, 1.807) is 23.9 Å². The summed E-state index contributed by atoms with van der Waals surface area (Å²) in [5.41, 5.74) is 1.46. The summed E-state index contributed by atoms with van der Waals surface area (Å²) < 4.78 is 39.0. The number of thioether (sulfide) groups is 1. The third-order valence-corrected chi connectivity index (χ3v) is 6.40. The highest BCUT2D eigenvalue weighted by molar-refractivity contribution is 7.98. The third kappa shape index (κ3) is 6.08. The van der Waals surface area contributed by atoms with Gasteiger partial charge in [-0.05, 0) is 42.0 Å². The highest BCUT2D eigenvalue weighted by Gasteiger charge is 2.23. The van der Waals surface area contributed by atoms with Crippen LogP contribution >= 0.6 is 11.8 Å². The molecule has 0 bridgehead atoms. The molecule has 0 saturated heterocycles. The number of carbonyl (C=O) groups excluding carboxylic acids is 1. The molecule has 0 aromatic heterocycles. The zero-order chi connectivity index (χ0) is 21.6. The van der Waals surface area contributed by atoms with Gasteiger partial charge in [0.2, 0.25) is 15.9 Å². The predicted octanol–water partition coefficient (Wildman–Crippen LogP) is 4.52. The Balaban J connectivity index is 1.62. The molecular formula is C22H21FN2O3S2. The molecule has 0 aliphatic heterocycles. The zero-order valence-electron chi connectivity index (χ0n) is 16.3. The minimum Gasteiger partial charge on any atom is -0.325 e. The molecule has 3 aromatic carbocycles. The van der Waals surface area contributed by atoms with Crippen LogP contribution in [0.15, 0.2) is 83.8 Å². The second-order valence-electron chi connectivity index (χ2n) is 6.57. The Hall–Kier alpha value is -2.84. The Morgan fingerprint density at radius 2 is 1.60 bits per heavy atom. The predicted molar refractivity (Wildman–Crippen MR) is 120 cm³/mol. The Bertz CT molecular complexity index is 1100.